The molecule has 1 fully saturated rings. The topological polar surface area (TPSA) is 491 Å². The van der Waals surface area contributed by atoms with Crippen LogP contribution < -0.4 is 65.1 Å². The molecule has 0 saturated carbocycles. The largest absolute Gasteiger partial charge is 0.508 e. The Bertz CT molecular complexity index is 3680. The van der Waals surface area contributed by atoms with E-state index in [1.54, 1.807) is 89.6 Å². The van der Waals surface area contributed by atoms with E-state index in [1.807, 2.05) is 13.8 Å². The number of aliphatic hydroxyl groups is 1. The number of aliphatic carboxylic acids is 1. The Hall–Kier alpha value is -9.84. The summed E-state index contributed by atoms with van der Waals surface area (Å²) in [5, 5.41) is 57.1. The third-order valence-corrected chi connectivity index (χ3v) is 18.6. The van der Waals surface area contributed by atoms with E-state index in [0.717, 1.165) is 9.80 Å². The number of hydrogen-bond donors (Lipinski definition) is 17. The molecule has 0 radical (unpaired) electrons. The molecule has 0 aliphatic carbocycles. The standard InChI is InChI=1S/C71H100N16O16S3/c1-40(2)30-54(65(98)81-51(33-44-22-24-46(89)25-23-44)68(101)87-28-15-21-53(87)64(97)82-52(38-104)69(102)103)86(7)57(92)37-85(6)56(91)36-77-61(94)48(31-42-16-10-8-11-17-42)80-62(95)49(34-45-26-29-106-39-45)78-55(90)35-76-66(99)58(41(3)88)83-67(100)59(71(4,5)105)84-63(96)50(32-43-18-12-9-13-19-43)79-60(93)47(72)20-14-27-75-70(73)74/h8-13,16-19,22-26,29,39-41,47-54,58-59,88-89,104-105H,14-15,20-21,27-28,30-38,72H2,1-7H3,(H,76,99)(H,77,94)(H,78,90)(H,79,93)(H,80,95)(H,81,98)(H,82,97)(H,83,100)(H,84,96)(H,102,103)(H4,73,74,75)/t41-,47+,48+,49+,50+,51+,52+,53+,54+,58+,59-/m1/s1. The molecule has 106 heavy (non-hydrogen) atoms. The number of aliphatic hydroxyl groups excluding tert-OH is 1. The molecular formula is C71H100N16O16S3. The first kappa shape index (κ1) is 86.8. The lowest BCUT2D eigenvalue weighted by molar-refractivity contribution is -0.146. The molecule has 2 heterocycles. The number of likely N-dealkylation sites (tertiary alicyclic amines) is 1. The van der Waals surface area contributed by atoms with E-state index in [4.69, 9.17) is 17.2 Å². The fourth-order valence-corrected chi connectivity index (χ4v) is 12.4. The summed E-state index contributed by atoms with van der Waals surface area (Å²) >= 11 is 9.91. The van der Waals surface area contributed by atoms with Crippen molar-refractivity contribution in [2.24, 2.45) is 28.1 Å². The van der Waals surface area contributed by atoms with Gasteiger partial charge in [0.05, 0.1) is 31.8 Å². The highest BCUT2D eigenvalue weighted by Crippen LogP contribution is 2.23. The number of amides is 12. The van der Waals surface area contributed by atoms with Gasteiger partial charge in [-0.3, -0.25) is 62.5 Å². The van der Waals surface area contributed by atoms with Crippen molar-refractivity contribution in [3.8, 4) is 5.75 Å². The van der Waals surface area contributed by atoms with Crippen LogP contribution in [0.2, 0.25) is 0 Å². The summed E-state index contributed by atoms with van der Waals surface area (Å²) in [4.78, 5) is 188. The number of carbonyl (C=O) groups is 13. The smallest absolute Gasteiger partial charge is 0.327 e. The number of benzene rings is 3. The van der Waals surface area contributed by atoms with Gasteiger partial charge in [-0.15, -0.1) is 0 Å². The Morgan fingerprint density at radius 2 is 1.20 bits per heavy atom. The summed E-state index contributed by atoms with van der Waals surface area (Å²) < 4.78 is -1.35. The number of nitrogens with one attached hydrogen (secondary N) is 9. The highest BCUT2D eigenvalue weighted by molar-refractivity contribution is 7.81. The molecule has 4 aromatic rings. The van der Waals surface area contributed by atoms with Crippen molar-refractivity contribution in [1.29, 1.82) is 0 Å². The lowest BCUT2D eigenvalue weighted by Gasteiger charge is -2.33. The predicted octanol–water partition coefficient (Wildman–Crippen LogP) is -1.84. The van der Waals surface area contributed by atoms with Crippen LogP contribution in [0.1, 0.15) is 89.0 Å². The van der Waals surface area contributed by atoms with Crippen LogP contribution in [0.25, 0.3) is 0 Å². The number of carbonyl (C=O) groups excluding carboxylic acids is 12. The van der Waals surface area contributed by atoms with Crippen LogP contribution in [0.4, 0.5) is 0 Å². The van der Waals surface area contributed by atoms with Gasteiger partial charge in [-0.1, -0.05) is 86.6 Å². The summed E-state index contributed by atoms with van der Waals surface area (Å²) in [6, 6.07) is 11.5. The average molecular weight is 1530 g/mol. The number of guanidine groups is 1. The third-order valence-electron chi connectivity index (χ3n) is 17.2. The highest BCUT2D eigenvalue weighted by Gasteiger charge is 2.42. The van der Waals surface area contributed by atoms with Crippen LogP contribution in [0.5, 0.6) is 5.75 Å². The molecular weight excluding hydrogens is 1430 g/mol. The average Bonchev–Trinajstić information content (AvgIpc) is 1.70. The first-order valence-corrected chi connectivity index (χ1v) is 36.5. The minimum Gasteiger partial charge on any atom is -0.508 e. The molecule has 0 bridgehead atoms. The van der Waals surface area contributed by atoms with Crippen molar-refractivity contribution < 1.29 is 77.6 Å². The SMILES string of the molecule is CC(C)C[C@@H](C(=O)N[C@@H](Cc1ccc(O)cc1)C(=O)N1CCC[C@H]1C(=O)N[C@@H](CS)C(=O)O)N(C)C(=O)CN(C)C(=O)CNC(=O)[C@H](Cc1ccccc1)NC(=O)[C@H](Cc1ccsc1)NC(=O)CNC(=O)[C@@H](NC(=O)[C@@H](NC(=O)[C@H](Cc1ccccc1)NC(=O)[C@@H](N)CCCN=C(N)N)C(C)(C)S)[C@@H](C)O. The highest BCUT2D eigenvalue weighted by atomic mass is 32.1. The molecule has 578 valence electrons. The monoisotopic (exact) mass is 1530 g/mol. The molecule has 0 spiro atoms. The van der Waals surface area contributed by atoms with Gasteiger partial charge in [0.1, 0.15) is 60.1 Å². The number of phenolic OH excluding ortho intramolecular Hbond substituents is 1. The molecule has 18 N–H and O–H groups in total. The lowest BCUT2D eigenvalue weighted by atomic mass is 9.99. The Labute approximate surface area is 630 Å². The summed E-state index contributed by atoms with van der Waals surface area (Å²) in [6.07, 6.45) is -0.791. The number of thiophene rings is 1. The van der Waals surface area contributed by atoms with Gasteiger partial charge in [-0.05, 0) is 110 Å². The molecule has 1 aliphatic heterocycles. The van der Waals surface area contributed by atoms with Crippen molar-refractivity contribution in [1.82, 2.24) is 62.6 Å². The Morgan fingerprint density at radius 3 is 1.75 bits per heavy atom. The Morgan fingerprint density at radius 1 is 0.651 bits per heavy atom. The zero-order chi connectivity index (χ0) is 78.5. The molecule has 1 aromatic heterocycles. The number of aromatic hydroxyl groups is 1. The molecule has 12 amide bonds. The fourth-order valence-electron chi connectivity index (χ4n) is 11.3. The molecule has 35 heteroatoms. The predicted molar refractivity (Wildman–Crippen MR) is 402 cm³/mol. The lowest BCUT2D eigenvalue weighted by Crippen LogP contribution is -2.63. The number of carboxylic acid groups (broad SMARTS) is 1. The summed E-state index contributed by atoms with van der Waals surface area (Å²) in [6.45, 7) is 6.03. The minimum absolute atomic E-state index is 0.0315. The zero-order valence-corrected chi connectivity index (χ0v) is 62.9. The molecule has 11 atom stereocenters. The van der Waals surface area contributed by atoms with E-state index in [9.17, 15) is 77.6 Å². The number of nitrogens with two attached hydrogens (primary N) is 3. The maximum atomic E-state index is 14.5. The zero-order valence-electron chi connectivity index (χ0n) is 60.3. The van der Waals surface area contributed by atoms with Crippen LogP contribution in [0.3, 0.4) is 0 Å². The number of likely N-dealkylation sites (N-methyl/N-ethyl adjacent to an activating group) is 2. The normalized spacial score (nSPS) is 15.5. The van der Waals surface area contributed by atoms with Crippen molar-refractivity contribution in [3.05, 3.63) is 124 Å². The first-order valence-electron chi connectivity index (χ1n) is 34.5. The second-order valence-corrected chi connectivity index (χ2v) is 29.2. The van der Waals surface area contributed by atoms with Crippen LogP contribution in [0.15, 0.2) is 107 Å². The summed E-state index contributed by atoms with van der Waals surface area (Å²) in [5.41, 5.74) is 19.3. The number of nitrogens with zero attached hydrogens (tertiary/aromatic N) is 4. The number of phenols is 1. The molecule has 5 rings (SSSR count). The second kappa shape index (κ2) is 42.3. The van der Waals surface area contributed by atoms with Gasteiger partial charge in [0.2, 0.25) is 70.9 Å². The van der Waals surface area contributed by atoms with E-state index in [2.05, 4.69) is 78.1 Å². The number of carboxylic acids is 1. The number of rotatable bonds is 41. The minimum atomic E-state index is -1.74. The summed E-state index contributed by atoms with van der Waals surface area (Å²) in [7, 11) is 2.65. The number of thiol groups is 2. The quantitative estimate of drug-likeness (QED) is 0.0100. The van der Waals surface area contributed by atoms with Gasteiger partial charge in [-0.25, -0.2) is 4.79 Å². The first-order chi connectivity index (χ1) is 50.1. The van der Waals surface area contributed by atoms with Crippen molar-refractivity contribution >= 4 is 119 Å². The number of hydrogen-bond acceptors (Lipinski definition) is 20. The van der Waals surface area contributed by atoms with Crippen LogP contribution in [-0.2, 0) is 88.0 Å². The van der Waals surface area contributed by atoms with E-state index < -0.39 is 168 Å². The van der Waals surface area contributed by atoms with Crippen LogP contribution >= 0.6 is 36.6 Å². The van der Waals surface area contributed by atoms with E-state index in [0.29, 0.717) is 35.1 Å². The fraction of sp³-hybridized carbons (Fsp3) is 0.493. The van der Waals surface area contributed by atoms with Gasteiger partial charge >= 0.3 is 5.97 Å². The molecule has 3 aromatic carbocycles. The van der Waals surface area contributed by atoms with E-state index >= 15 is 0 Å². The third kappa shape index (κ3) is 28.2. The Kier molecular flexibility index (Phi) is 34.7. The Balaban J connectivity index is 1.25. The maximum Gasteiger partial charge on any atom is 0.327 e. The van der Waals surface area contributed by atoms with Gasteiger partial charge in [0, 0.05) is 63.4 Å². The van der Waals surface area contributed by atoms with E-state index in [-0.39, 0.29) is 81.4 Å². The van der Waals surface area contributed by atoms with Crippen LogP contribution in [-0.4, -0.2) is 237 Å². The van der Waals surface area contributed by atoms with Crippen LogP contribution in [0, 0.1) is 5.92 Å². The molecule has 1 aliphatic rings. The van der Waals surface area contributed by atoms with Crippen molar-refractivity contribution in [3.63, 3.8) is 0 Å². The van der Waals surface area contributed by atoms with Gasteiger partial charge in [0.25, 0.3) is 0 Å². The van der Waals surface area contributed by atoms with Gasteiger partial charge < -0.3 is 95.1 Å². The van der Waals surface area contributed by atoms with E-state index in [1.165, 1.54) is 63.2 Å². The second-order valence-electron chi connectivity index (χ2n) is 26.9. The summed E-state index contributed by atoms with van der Waals surface area (Å²) in [5.74, 6) is -11.7. The number of aliphatic imine (C=N–C) groups is 1. The van der Waals surface area contributed by atoms with Crippen molar-refractivity contribution in [2.75, 3.05) is 52.6 Å². The maximum absolute atomic E-state index is 14.5. The molecule has 1 saturated heterocycles. The van der Waals surface area contributed by atoms with Gasteiger partial charge in [-0.2, -0.15) is 36.6 Å². The van der Waals surface area contributed by atoms with Gasteiger partial charge in [0.15, 0.2) is 5.96 Å². The molecule has 32 nitrogen and oxygen atoms in total. The molecule has 0 unspecified atom stereocenters. The van der Waals surface area contributed by atoms with Crippen molar-refractivity contribution in [2.45, 2.75) is 164 Å².